The van der Waals surface area contributed by atoms with E-state index in [0.717, 1.165) is 43.6 Å². The molecule has 0 radical (unpaired) electrons. The summed E-state index contributed by atoms with van der Waals surface area (Å²) in [4.78, 5) is 29.8. The number of benzene rings is 1. The van der Waals surface area contributed by atoms with Crippen molar-refractivity contribution in [1.82, 2.24) is 9.80 Å². The summed E-state index contributed by atoms with van der Waals surface area (Å²) in [6, 6.07) is 11.0. The maximum atomic E-state index is 13.3. The summed E-state index contributed by atoms with van der Waals surface area (Å²) < 4.78 is 10.8. The molecule has 2 amide bonds. The van der Waals surface area contributed by atoms with Gasteiger partial charge in [-0.05, 0) is 62.9 Å². The van der Waals surface area contributed by atoms with Gasteiger partial charge >= 0.3 is 0 Å². The highest BCUT2D eigenvalue weighted by molar-refractivity contribution is 5.94. The Morgan fingerprint density at radius 2 is 1.97 bits per heavy atom. The van der Waals surface area contributed by atoms with Gasteiger partial charge in [-0.25, -0.2) is 0 Å². The van der Waals surface area contributed by atoms with E-state index in [9.17, 15) is 9.59 Å². The van der Waals surface area contributed by atoms with Crippen LogP contribution in [0.1, 0.15) is 44.8 Å². The fourth-order valence-corrected chi connectivity index (χ4v) is 3.92. The number of carbonyl (C=O) groups excluding carboxylic acids is 2. The topological polar surface area (TPSA) is 75.0 Å². The summed E-state index contributed by atoms with van der Waals surface area (Å²) in [5, 5.41) is 2.90. The molecule has 1 aromatic carbocycles. The Kier molecular flexibility index (Phi) is 8.92. The standard InChI is InChI=1S/C25H33N3O4/c1-3-15-27(18-24(29)26-22-13-7-8-14-23(22)31-2)19-25(30)28(17-21-12-9-16-32-21)20-10-5-4-6-11-20/h7-10,12-14,16H,3-6,11,15,17-19H2,1-2H3,(H,26,29). The lowest BCUT2D eigenvalue weighted by Crippen LogP contribution is -2.43. The molecule has 32 heavy (non-hydrogen) atoms. The summed E-state index contributed by atoms with van der Waals surface area (Å²) >= 11 is 0. The highest BCUT2D eigenvalue weighted by Gasteiger charge is 2.24. The van der Waals surface area contributed by atoms with Crippen LogP contribution < -0.4 is 10.1 Å². The van der Waals surface area contributed by atoms with E-state index >= 15 is 0 Å². The van der Waals surface area contributed by atoms with Crippen molar-refractivity contribution < 1.29 is 18.7 Å². The second-order valence-electron chi connectivity index (χ2n) is 7.96. The largest absolute Gasteiger partial charge is 0.495 e. The van der Waals surface area contributed by atoms with Crippen molar-refractivity contribution in [3.8, 4) is 5.75 Å². The van der Waals surface area contributed by atoms with Gasteiger partial charge in [0.25, 0.3) is 0 Å². The molecule has 3 rings (SSSR count). The number of ether oxygens (including phenoxy) is 1. The number of furan rings is 1. The van der Waals surface area contributed by atoms with Crippen molar-refractivity contribution in [3.63, 3.8) is 0 Å². The summed E-state index contributed by atoms with van der Waals surface area (Å²) in [6.45, 7) is 3.40. The van der Waals surface area contributed by atoms with Gasteiger partial charge in [0.15, 0.2) is 0 Å². The maximum Gasteiger partial charge on any atom is 0.241 e. The summed E-state index contributed by atoms with van der Waals surface area (Å²) in [7, 11) is 1.57. The van der Waals surface area contributed by atoms with Crippen LogP contribution in [0.5, 0.6) is 5.75 Å². The Labute approximate surface area is 190 Å². The molecule has 0 atom stereocenters. The molecule has 0 saturated heterocycles. The molecular formula is C25H33N3O4. The van der Waals surface area contributed by atoms with E-state index in [-0.39, 0.29) is 24.9 Å². The first kappa shape index (κ1) is 23.6. The Bertz CT molecular complexity index is 908. The van der Waals surface area contributed by atoms with Crippen LogP contribution in [0.3, 0.4) is 0 Å². The normalized spacial score (nSPS) is 13.5. The molecule has 1 aliphatic carbocycles. The second-order valence-corrected chi connectivity index (χ2v) is 7.96. The molecule has 1 N–H and O–H groups in total. The fourth-order valence-electron chi connectivity index (χ4n) is 3.92. The average molecular weight is 440 g/mol. The van der Waals surface area contributed by atoms with Gasteiger partial charge in [-0.3, -0.25) is 14.5 Å². The summed E-state index contributed by atoms with van der Waals surface area (Å²) in [6.07, 6.45) is 8.72. The smallest absolute Gasteiger partial charge is 0.241 e. The van der Waals surface area contributed by atoms with Gasteiger partial charge in [0.1, 0.15) is 11.5 Å². The van der Waals surface area contributed by atoms with Crippen LogP contribution in [0.2, 0.25) is 0 Å². The number of para-hydroxylation sites is 2. The predicted molar refractivity (Wildman–Crippen MR) is 124 cm³/mol. The van der Waals surface area contributed by atoms with Gasteiger partial charge in [-0.2, -0.15) is 0 Å². The van der Waals surface area contributed by atoms with Crippen molar-refractivity contribution >= 4 is 17.5 Å². The van der Waals surface area contributed by atoms with E-state index in [2.05, 4.69) is 11.4 Å². The molecule has 7 nitrogen and oxygen atoms in total. The lowest BCUT2D eigenvalue weighted by Gasteiger charge is -2.30. The van der Waals surface area contributed by atoms with Crippen LogP contribution in [-0.2, 0) is 16.1 Å². The van der Waals surface area contributed by atoms with Crippen LogP contribution in [0.15, 0.2) is 58.9 Å². The highest BCUT2D eigenvalue weighted by Crippen LogP contribution is 2.24. The number of hydrogen-bond acceptors (Lipinski definition) is 5. The van der Waals surface area contributed by atoms with Gasteiger partial charge in [0.05, 0.1) is 38.7 Å². The molecule has 1 aromatic heterocycles. The zero-order chi connectivity index (χ0) is 22.8. The van der Waals surface area contributed by atoms with Gasteiger partial charge in [0.2, 0.25) is 11.8 Å². The number of rotatable bonds is 11. The minimum Gasteiger partial charge on any atom is -0.495 e. The number of allylic oxidation sites excluding steroid dienone is 2. The molecule has 0 fully saturated rings. The molecule has 0 saturated carbocycles. The van der Waals surface area contributed by atoms with Crippen molar-refractivity contribution in [3.05, 3.63) is 60.2 Å². The summed E-state index contributed by atoms with van der Waals surface area (Å²) in [5.74, 6) is 1.16. The van der Waals surface area contributed by atoms with Gasteiger partial charge in [-0.1, -0.05) is 25.1 Å². The van der Waals surface area contributed by atoms with E-state index in [1.165, 1.54) is 0 Å². The van der Waals surface area contributed by atoms with E-state index in [4.69, 9.17) is 9.15 Å². The number of methoxy groups -OCH3 is 1. The molecule has 2 aromatic rings. The van der Waals surface area contributed by atoms with Gasteiger partial charge in [-0.15, -0.1) is 0 Å². The Hall–Kier alpha value is -3.06. The number of hydrogen-bond donors (Lipinski definition) is 1. The first-order chi connectivity index (χ1) is 15.6. The summed E-state index contributed by atoms with van der Waals surface area (Å²) in [5.41, 5.74) is 1.67. The fraction of sp³-hybridized carbons (Fsp3) is 0.440. The van der Waals surface area contributed by atoms with Gasteiger partial charge in [0, 0.05) is 5.70 Å². The number of nitrogens with one attached hydrogen (secondary N) is 1. The highest BCUT2D eigenvalue weighted by atomic mass is 16.5. The first-order valence-electron chi connectivity index (χ1n) is 11.3. The molecular weight excluding hydrogens is 406 g/mol. The van der Waals surface area contributed by atoms with E-state index in [1.54, 1.807) is 25.5 Å². The van der Waals surface area contributed by atoms with E-state index in [1.807, 2.05) is 41.0 Å². The third-order valence-corrected chi connectivity index (χ3v) is 5.46. The predicted octanol–water partition coefficient (Wildman–Crippen LogP) is 4.43. The van der Waals surface area contributed by atoms with E-state index < -0.39 is 0 Å². The van der Waals surface area contributed by atoms with Crippen LogP contribution >= 0.6 is 0 Å². The third-order valence-electron chi connectivity index (χ3n) is 5.46. The zero-order valence-corrected chi connectivity index (χ0v) is 19.0. The maximum absolute atomic E-state index is 13.3. The third kappa shape index (κ3) is 6.72. The molecule has 7 heteroatoms. The number of nitrogens with zero attached hydrogens (tertiary/aromatic N) is 2. The quantitative estimate of drug-likeness (QED) is 0.561. The molecule has 1 heterocycles. The minimum absolute atomic E-state index is 0.0203. The monoisotopic (exact) mass is 439 g/mol. The average Bonchev–Trinajstić information content (AvgIpc) is 3.32. The van der Waals surface area contributed by atoms with Crippen molar-refractivity contribution in [2.24, 2.45) is 0 Å². The van der Waals surface area contributed by atoms with Crippen molar-refractivity contribution in [2.45, 2.75) is 45.6 Å². The lowest BCUT2D eigenvalue weighted by molar-refractivity contribution is -0.132. The molecule has 0 unspecified atom stereocenters. The first-order valence-corrected chi connectivity index (χ1v) is 11.3. The van der Waals surface area contributed by atoms with E-state index in [0.29, 0.717) is 24.5 Å². The number of carbonyl (C=O) groups is 2. The van der Waals surface area contributed by atoms with Crippen molar-refractivity contribution in [1.29, 1.82) is 0 Å². The van der Waals surface area contributed by atoms with Crippen LogP contribution in [-0.4, -0.2) is 48.4 Å². The van der Waals surface area contributed by atoms with Crippen LogP contribution in [0, 0.1) is 0 Å². The van der Waals surface area contributed by atoms with Crippen molar-refractivity contribution in [2.75, 3.05) is 32.1 Å². The molecule has 1 aliphatic rings. The molecule has 0 bridgehead atoms. The van der Waals surface area contributed by atoms with Gasteiger partial charge < -0.3 is 19.4 Å². The SMILES string of the molecule is CCCN(CC(=O)Nc1ccccc1OC)CC(=O)N(Cc1ccco1)C1=CCCCC1. The lowest BCUT2D eigenvalue weighted by atomic mass is 10.0. The van der Waals surface area contributed by atoms with Crippen LogP contribution in [0.25, 0.3) is 0 Å². The Balaban J connectivity index is 1.67. The Morgan fingerprint density at radius 1 is 1.12 bits per heavy atom. The number of anilines is 1. The second kappa shape index (κ2) is 12.1. The number of amides is 2. The Morgan fingerprint density at radius 3 is 2.66 bits per heavy atom. The molecule has 0 aliphatic heterocycles. The van der Waals surface area contributed by atoms with Crippen LogP contribution in [0.4, 0.5) is 5.69 Å². The zero-order valence-electron chi connectivity index (χ0n) is 19.0. The molecule has 172 valence electrons. The minimum atomic E-state index is -0.176. The molecule has 0 spiro atoms.